The number of para-hydroxylation sites is 1. The second kappa shape index (κ2) is 11.1. The largest absolute Gasteiger partial charge is 0.329 e. The van der Waals surface area contributed by atoms with Gasteiger partial charge in [0.1, 0.15) is 5.82 Å². The standard InChI is InChI=1S/C27H28N6O3S/c1-32(23-12-14-24(15-13-23)33(2)27(34)30-21-9-5-4-6-10-21)25-16-17-28-26(31-25)29-22-11-7-8-20(18-22)19-37(3,35)36/h4-18H,19H2,1-3H3,(H,30,34)(H,28,29,31). The highest BCUT2D eigenvalue weighted by molar-refractivity contribution is 7.89. The van der Waals surface area contributed by atoms with Crippen molar-refractivity contribution in [1.29, 1.82) is 0 Å². The highest BCUT2D eigenvalue weighted by Crippen LogP contribution is 2.26. The van der Waals surface area contributed by atoms with Crippen molar-refractivity contribution < 1.29 is 13.2 Å². The molecular formula is C27H28N6O3S. The molecule has 0 saturated carbocycles. The van der Waals surface area contributed by atoms with E-state index in [0.717, 1.165) is 17.1 Å². The van der Waals surface area contributed by atoms with Gasteiger partial charge in [0.25, 0.3) is 0 Å². The third-order valence-corrected chi connectivity index (χ3v) is 6.41. The number of carbonyl (C=O) groups excluding carboxylic acids is 1. The number of benzene rings is 3. The van der Waals surface area contributed by atoms with Crippen molar-refractivity contribution in [2.24, 2.45) is 0 Å². The van der Waals surface area contributed by atoms with Gasteiger partial charge < -0.3 is 15.5 Å². The van der Waals surface area contributed by atoms with Crippen molar-refractivity contribution in [3.63, 3.8) is 0 Å². The number of amides is 2. The van der Waals surface area contributed by atoms with Crippen LogP contribution < -0.4 is 20.4 Å². The third kappa shape index (κ3) is 7.05. The number of hydrogen-bond donors (Lipinski definition) is 2. The van der Waals surface area contributed by atoms with E-state index in [1.165, 1.54) is 6.26 Å². The van der Waals surface area contributed by atoms with E-state index in [9.17, 15) is 13.2 Å². The van der Waals surface area contributed by atoms with Gasteiger partial charge in [-0.15, -0.1) is 0 Å². The summed E-state index contributed by atoms with van der Waals surface area (Å²) in [6, 6.07) is 25.5. The number of sulfone groups is 1. The second-order valence-corrected chi connectivity index (χ2v) is 10.7. The smallest absolute Gasteiger partial charge is 0.326 e. The molecule has 3 aromatic carbocycles. The molecule has 190 valence electrons. The number of hydrogen-bond acceptors (Lipinski definition) is 7. The molecule has 0 saturated heterocycles. The van der Waals surface area contributed by atoms with Crippen LogP contribution in [0.1, 0.15) is 5.56 Å². The number of urea groups is 1. The van der Waals surface area contributed by atoms with Crippen molar-refractivity contribution >= 4 is 50.4 Å². The van der Waals surface area contributed by atoms with Gasteiger partial charge in [-0.25, -0.2) is 18.2 Å². The second-order valence-electron chi connectivity index (χ2n) is 8.56. The minimum absolute atomic E-state index is 0.0365. The molecule has 0 aliphatic carbocycles. The average molecular weight is 517 g/mol. The highest BCUT2D eigenvalue weighted by atomic mass is 32.2. The number of nitrogens with one attached hydrogen (secondary N) is 2. The minimum atomic E-state index is -3.13. The van der Waals surface area contributed by atoms with E-state index in [1.807, 2.05) is 72.6 Å². The summed E-state index contributed by atoms with van der Waals surface area (Å²) in [5.41, 5.74) is 3.72. The van der Waals surface area contributed by atoms with Crippen molar-refractivity contribution in [2.45, 2.75) is 5.75 Å². The average Bonchev–Trinajstić information content (AvgIpc) is 2.88. The maximum absolute atomic E-state index is 12.6. The van der Waals surface area contributed by atoms with E-state index in [-0.39, 0.29) is 11.8 Å². The molecule has 9 nitrogen and oxygen atoms in total. The Kier molecular flexibility index (Phi) is 7.69. The lowest BCUT2D eigenvalue weighted by molar-refractivity contribution is 0.258. The molecule has 0 aliphatic heterocycles. The molecule has 0 bridgehead atoms. The van der Waals surface area contributed by atoms with Crippen LogP contribution in [0.5, 0.6) is 0 Å². The quantitative estimate of drug-likeness (QED) is 0.331. The fourth-order valence-electron chi connectivity index (χ4n) is 3.65. The predicted molar refractivity (Wildman–Crippen MR) is 149 cm³/mol. The van der Waals surface area contributed by atoms with Gasteiger partial charge in [-0.2, -0.15) is 4.98 Å². The molecule has 4 rings (SSSR count). The zero-order valence-electron chi connectivity index (χ0n) is 20.8. The summed E-state index contributed by atoms with van der Waals surface area (Å²) >= 11 is 0. The zero-order valence-corrected chi connectivity index (χ0v) is 21.6. The summed E-state index contributed by atoms with van der Waals surface area (Å²) in [6.07, 6.45) is 2.86. The van der Waals surface area contributed by atoms with Crippen LogP contribution in [-0.2, 0) is 15.6 Å². The number of carbonyl (C=O) groups is 1. The summed E-state index contributed by atoms with van der Waals surface area (Å²) in [4.78, 5) is 24.9. The number of nitrogens with zero attached hydrogens (tertiary/aromatic N) is 4. The Balaban J connectivity index is 1.44. The van der Waals surface area contributed by atoms with E-state index in [0.29, 0.717) is 23.0 Å². The normalized spacial score (nSPS) is 11.0. The maximum Gasteiger partial charge on any atom is 0.326 e. The van der Waals surface area contributed by atoms with Gasteiger partial charge in [0.15, 0.2) is 9.84 Å². The van der Waals surface area contributed by atoms with Gasteiger partial charge in [-0.1, -0.05) is 30.3 Å². The molecule has 0 fully saturated rings. The molecule has 10 heteroatoms. The minimum Gasteiger partial charge on any atom is -0.329 e. The molecule has 0 unspecified atom stereocenters. The molecule has 2 amide bonds. The topological polar surface area (TPSA) is 108 Å². The Labute approximate surface area is 216 Å². The van der Waals surface area contributed by atoms with Crippen LogP contribution in [-0.4, -0.2) is 44.8 Å². The molecule has 0 aliphatic rings. The Bertz CT molecular complexity index is 1480. The lowest BCUT2D eigenvalue weighted by atomic mass is 10.2. The first kappa shape index (κ1) is 25.6. The van der Waals surface area contributed by atoms with Crippen LogP contribution in [0, 0.1) is 0 Å². The summed E-state index contributed by atoms with van der Waals surface area (Å²) < 4.78 is 23.2. The lowest BCUT2D eigenvalue weighted by Gasteiger charge is -2.21. The van der Waals surface area contributed by atoms with E-state index in [2.05, 4.69) is 20.6 Å². The third-order valence-electron chi connectivity index (χ3n) is 5.55. The Hall–Kier alpha value is -4.44. The predicted octanol–water partition coefficient (Wildman–Crippen LogP) is 5.20. The lowest BCUT2D eigenvalue weighted by Crippen LogP contribution is -2.31. The molecule has 1 aromatic heterocycles. The van der Waals surface area contributed by atoms with Crippen LogP contribution in [0.2, 0.25) is 0 Å². The first-order valence-corrected chi connectivity index (χ1v) is 13.5. The molecule has 4 aromatic rings. The molecule has 37 heavy (non-hydrogen) atoms. The zero-order chi connectivity index (χ0) is 26.4. The van der Waals surface area contributed by atoms with Crippen LogP contribution in [0.25, 0.3) is 0 Å². The van der Waals surface area contributed by atoms with Gasteiger partial charge >= 0.3 is 6.03 Å². The summed E-state index contributed by atoms with van der Waals surface area (Å²) in [5.74, 6) is 1.01. The Morgan fingerprint density at radius 1 is 0.865 bits per heavy atom. The fourth-order valence-corrected chi connectivity index (χ4v) is 4.43. The first-order valence-electron chi connectivity index (χ1n) is 11.5. The summed E-state index contributed by atoms with van der Waals surface area (Å²) in [6.45, 7) is 0. The molecular weight excluding hydrogens is 488 g/mol. The van der Waals surface area contributed by atoms with Gasteiger partial charge in [-0.3, -0.25) is 4.90 Å². The van der Waals surface area contributed by atoms with Crippen LogP contribution in [0.4, 0.5) is 39.3 Å². The molecule has 1 heterocycles. The fraction of sp³-hybridized carbons (Fsp3) is 0.148. The van der Waals surface area contributed by atoms with Crippen LogP contribution >= 0.6 is 0 Å². The Morgan fingerprint density at radius 3 is 2.24 bits per heavy atom. The van der Waals surface area contributed by atoms with Crippen molar-refractivity contribution in [1.82, 2.24) is 9.97 Å². The maximum atomic E-state index is 12.6. The number of rotatable bonds is 8. The number of aromatic nitrogens is 2. The van der Waals surface area contributed by atoms with E-state index in [1.54, 1.807) is 42.4 Å². The molecule has 0 spiro atoms. The highest BCUT2D eigenvalue weighted by Gasteiger charge is 2.13. The monoisotopic (exact) mass is 516 g/mol. The van der Waals surface area contributed by atoms with Crippen LogP contribution in [0.3, 0.4) is 0 Å². The molecule has 0 atom stereocenters. The molecule has 2 N–H and O–H groups in total. The van der Waals surface area contributed by atoms with Crippen molar-refractivity contribution in [2.75, 3.05) is 40.8 Å². The van der Waals surface area contributed by atoms with Crippen molar-refractivity contribution in [3.05, 3.63) is 96.7 Å². The molecule has 0 radical (unpaired) electrons. The van der Waals surface area contributed by atoms with Gasteiger partial charge in [0.2, 0.25) is 5.95 Å². The van der Waals surface area contributed by atoms with E-state index in [4.69, 9.17) is 0 Å². The van der Waals surface area contributed by atoms with Gasteiger partial charge in [0.05, 0.1) is 5.75 Å². The summed E-state index contributed by atoms with van der Waals surface area (Å²) in [7, 11) is 0.467. The van der Waals surface area contributed by atoms with Gasteiger partial charge in [0, 0.05) is 49.3 Å². The van der Waals surface area contributed by atoms with Crippen LogP contribution in [0.15, 0.2) is 91.1 Å². The number of anilines is 6. The Morgan fingerprint density at radius 2 is 1.54 bits per heavy atom. The summed E-state index contributed by atoms with van der Waals surface area (Å²) in [5, 5.41) is 6.01. The SMILES string of the molecule is CN(C(=O)Nc1ccccc1)c1ccc(N(C)c2ccnc(Nc3cccc(CS(C)(=O)=O)c3)n2)cc1. The van der Waals surface area contributed by atoms with Crippen molar-refractivity contribution in [3.8, 4) is 0 Å². The van der Waals surface area contributed by atoms with E-state index < -0.39 is 9.84 Å². The first-order chi connectivity index (χ1) is 17.7. The van der Waals surface area contributed by atoms with E-state index >= 15 is 0 Å². The van der Waals surface area contributed by atoms with Gasteiger partial charge in [-0.05, 0) is 60.2 Å².